The molecule has 0 amide bonds. The van der Waals surface area contributed by atoms with Crippen molar-refractivity contribution in [2.45, 2.75) is 24.6 Å². The lowest BCUT2D eigenvalue weighted by Gasteiger charge is -2.40. The van der Waals surface area contributed by atoms with Crippen molar-refractivity contribution in [1.29, 1.82) is 0 Å². The van der Waals surface area contributed by atoms with Gasteiger partial charge in [-0.3, -0.25) is 5.32 Å². The fourth-order valence-corrected chi connectivity index (χ4v) is 1.70. The number of piperazine rings is 1. The standard InChI is InChI=1S/C10H18N2O/c1-3-5-9-10(13,6-4-2)12-8-7-11-9/h3-4,9,11-13H,1-2,5-8H2. The lowest BCUT2D eigenvalue weighted by Crippen LogP contribution is -2.65. The molecule has 1 fully saturated rings. The Bertz CT molecular complexity index is 193. The summed E-state index contributed by atoms with van der Waals surface area (Å²) in [5, 5.41) is 16.5. The van der Waals surface area contributed by atoms with Gasteiger partial charge in [-0.05, 0) is 6.42 Å². The highest BCUT2D eigenvalue weighted by Crippen LogP contribution is 2.18. The average Bonchev–Trinajstić information content (AvgIpc) is 2.10. The monoisotopic (exact) mass is 182 g/mol. The van der Waals surface area contributed by atoms with Crippen LogP contribution in [-0.2, 0) is 0 Å². The van der Waals surface area contributed by atoms with Crippen LogP contribution in [0.3, 0.4) is 0 Å². The van der Waals surface area contributed by atoms with Gasteiger partial charge >= 0.3 is 0 Å². The van der Waals surface area contributed by atoms with Crippen LogP contribution >= 0.6 is 0 Å². The molecule has 0 bridgehead atoms. The molecule has 13 heavy (non-hydrogen) atoms. The lowest BCUT2D eigenvalue weighted by molar-refractivity contribution is -0.0409. The SMILES string of the molecule is C=CCC1NCCNC1(O)CC=C. The Labute approximate surface area is 79.5 Å². The first kappa shape index (κ1) is 10.4. The molecule has 74 valence electrons. The Balaban J connectivity index is 2.63. The van der Waals surface area contributed by atoms with Crippen LogP contribution in [0.1, 0.15) is 12.8 Å². The fourth-order valence-electron chi connectivity index (χ4n) is 1.70. The van der Waals surface area contributed by atoms with Gasteiger partial charge in [0.1, 0.15) is 5.72 Å². The molecule has 2 atom stereocenters. The minimum Gasteiger partial charge on any atom is -0.374 e. The highest BCUT2D eigenvalue weighted by atomic mass is 16.3. The molecule has 0 aromatic heterocycles. The number of nitrogens with one attached hydrogen (secondary N) is 2. The fraction of sp³-hybridized carbons (Fsp3) is 0.600. The number of rotatable bonds is 4. The molecular formula is C10H18N2O. The van der Waals surface area contributed by atoms with E-state index in [1.807, 2.05) is 6.08 Å². The van der Waals surface area contributed by atoms with Crippen molar-refractivity contribution < 1.29 is 5.11 Å². The molecular weight excluding hydrogens is 164 g/mol. The quantitative estimate of drug-likeness (QED) is 0.551. The van der Waals surface area contributed by atoms with Crippen LogP contribution in [0.5, 0.6) is 0 Å². The zero-order valence-electron chi connectivity index (χ0n) is 7.92. The Morgan fingerprint density at radius 1 is 1.38 bits per heavy atom. The van der Waals surface area contributed by atoms with Crippen molar-refractivity contribution in [3.05, 3.63) is 25.3 Å². The molecule has 0 spiro atoms. The van der Waals surface area contributed by atoms with E-state index in [1.54, 1.807) is 6.08 Å². The summed E-state index contributed by atoms with van der Waals surface area (Å²) >= 11 is 0. The van der Waals surface area contributed by atoms with E-state index in [4.69, 9.17) is 0 Å². The van der Waals surface area contributed by atoms with Crippen LogP contribution in [-0.4, -0.2) is 30.0 Å². The van der Waals surface area contributed by atoms with Gasteiger partial charge in [0.15, 0.2) is 0 Å². The number of aliphatic hydroxyl groups is 1. The third-order valence-electron chi connectivity index (χ3n) is 2.38. The van der Waals surface area contributed by atoms with E-state index in [-0.39, 0.29) is 6.04 Å². The normalized spacial score (nSPS) is 34.1. The van der Waals surface area contributed by atoms with E-state index < -0.39 is 5.72 Å². The zero-order chi connectivity index (χ0) is 9.73. The van der Waals surface area contributed by atoms with Crippen LogP contribution in [0.15, 0.2) is 25.3 Å². The molecule has 1 aliphatic heterocycles. The van der Waals surface area contributed by atoms with Gasteiger partial charge in [0.05, 0.1) is 6.04 Å². The summed E-state index contributed by atoms with van der Waals surface area (Å²) in [4.78, 5) is 0. The number of hydrogen-bond donors (Lipinski definition) is 3. The molecule has 1 saturated heterocycles. The third-order valence-corrected chi connectivity index (χ3v) is 2.38. The first-order chi connectivity index (χ1) is 6.23. The summed E-state index contributed by atoms with van der Waals surface area (Å²) in [5.74, 6) is 0. The first-order valence-corrected chi connectivity index (χ1v) is 4.65. The van der Waals surface area contributed by atoms with Crippen LogP contribution in [0, 0.1) is 0 Å². The van der Waals surface area contributed by atoms with Gasteiger partial charge in [-0.1, -0.05) is 12.2 Å². The maximum atomic E-state index is 10.2. The summed E-state index contributed by atoms with van der Waals surface area (Å²) in [5.41, 5.74) is -0.853. The largest absolute Gasteiger partial charge is 0.374 e. The molecule has 0 aliphatic carbocycles. The van der Waals surface area contributed by atoms with Crippen molar-refractivity contribution in [2.75, 3.05) is 13.1 Å². The van der Waals surface area contributed by atoms with E-state index in [2.05, 4.69) is 23.8 Å². The van der Waals surface area contributed by atoms with Crippen molar-refractivity contribution in [2.24, 2.45) is 0 Å². The topological polar surface area (TPSA) is 44.3 Å². The molecule has 1 heterocycles. The maximum absolute atomic E-state index is 10.2. The highest BCUT2D eigenvalue weighted by Gasteiger charge is 2.36. The average molecular weight is 182 g/mol. The van der Waals surface area contributed by atoms with Crippen LogP contribution in [0.25, 0.3) is 0 Å². The van der Waals surface area contributed by atoms with Gasteiger partial charge in [-0.25, -0.2) is 0 Å². The summed E-state index contributed by atoms with van der Waals surface area (Å²) < 4.78 is 0. The van der Waals surface area contributed by atoms with E-state index in [0.29, 0.717) is 6.42 Å². The second-order valence-electron chi connectivity index (χ2n) is 3.37. The van der Waals surface area contributed by atoms with Gasteiger partial charge in [0, 0.05) is 19.5 Å². The van der Waals surface area contributed by atoms with E-state index in [0.717, 1.165) is 19.5 Å². The molecule has 0 aromatic carbocycles. The molecule has 2 unspecified atom stereocenters. The van der Waals surface area contributed by atoms with Crippen molar-refractivity contribution in [1.82, 2.24) is 10.6 Å². The summed E-state index contributed by atoms with van der Waals surface area (Å²) in [7, 11) is 0. The Morgan fingerprint density at radius 3 is 2.77 bits per heavy atom. The molecule has 0 radical (unpaired) electrons. The van der Waals surface area contributed by atoms with Gasteiger partial charge < -0.3 is 10.4 Å². The smallest absolute Gasteiger partial charge is 0.135 e. The van der Waals surface area contributed by atoms with E-state index in [9.17, 15) is 5.11 Å². The van der Waals surface area contributed by atoms with Gasteiger partial charge in [-0.2, -0.15) is 0 Å². The predicted octanol–water partition coefficient (Wildman–Crippen LogP) is 0.389. The highest BCUT2D eigenvalue weighted by molar-refractivity contribution is 4.99. The van der Waals surface area contributed by atoms with Crippen molar-refractivity contribution >= 4 is 0 Å². The molecule has 1 rings (SSSR count). The predicted molar refractivity (Wildman–Crippen MR) is 54.4 cm³/mol. The molecule has 3 N–H and O–H groups in total. The van der Waals surface area contributed by atoms with Gasteiger partial charge in [-0.15, -0.1) is 13.2 Å². The lowest BCUT2D eigenvalue weighted by atomic mass is 9.95. The van der Waals surface area contributed by atoms with E-state index >= 15 is 0 Å². The summed E-state index contributed by atoms with van der Waals surface area (Å²) in [6.45, 7) is 8.99. The zero-order valence-corrected chi connectivity index (χ0v) is 7.92. The minimum atomic E-state index is -0.853. The Hall–Kier alpha value is -0.640. The first-order valence-electron chi connectivity index (χ1n) is 4.65. The number of hydrogen-bond acceptors (Lipinski definition) is 3. The summed E-state index contributed by atoms with van der Waals surface area (Å²) in [6.07, 6.45) is 4.87. The molecule has 0 saturated carbocycles. The van der Waals surface area contributed by atoms with Crippen LogP contribution < -0.4 is 10.6 Å². The van der Waals surface area contributed by atoms with Crippen molar-refractivity contribution in [3.63, 3.8) is 0 Å². The Morgan fingerprint density at radius 2 is 2.15 bits per heavy atom. The van der Waals surface area contributed by atoms with Crippen LogP contribution in [0.2, 0.25) is 0 Å². The molecule has 0 aromatic rings. The van der Waals surface area contributed by atoms with Gasteiger partial charge in [0.25, 0.3) is 0 Å². The van der Waals surface area contributed by atoms with Gasteiger partial charge in [0.2, 0.25) is 0 Å². The second kappa shape index (κ2) is 4.56. The third kappa shape index (κ3) is 2.40. The molecule has 3 heteroatoms. The maximum Gasteiger partial charge on any atom is 0.135 e. The Kier molecular flexibility index (Phi) is 3.66. The van der Waals surface area contributed by atoms with Crippen molar-refractivity contribution in [3.8, 4) is 0 Å². The molecule has 3 nitrogen and oxygen atoms in total. The minimum absolute atomic E-state index is 0.0387. The van der Waals surface area contributed by atoms with E-state index in [1.165, 1.54) is 0 Å². The second-order valence-corrected chi connectivity index (χ2v) is 3.37. The van der Waals surface area contributed by atoms with Crippen LogP contribution in [0.4, 0.5) is 0 Å². The summed E-state index contributed by atoms with van der Waals surface area (Å²) in [6, 6.07) is 0.0387. The molecule has 1 aliphatic rings.